The Morgan fingerprint density at radius 3 is 1.35 bits per heavy atom. The molecule has 77 heavy (non-hydrogen) atoms. The van der Waals surface area contributed by atoms with Crippen LogP contribution < -0.4 is 26.2 Å². The van der Waals surface area contributed by atoms with Crippen molar-refractivity contribution in [2.75, 3.05) is 9.80 Å². The maximum atomic E-state index is 2.63. The Balaban J connectivity index is 0.973. The van der Waals surface area contributed by atoms with Crippen LogP contribution in [0.2, 0.25) is 0 Å². The molecule has 0 saturated carbocycles. The van der Waals surface area contributed by atoms with Crippen LogP contribution >= 0.6 is 0 Å². The van der Waals surface area contributed by atoms with E-state index in [9.17, 15) is 0 Å². The van der Waals surface area contributed by atoms with Crippen molar-refractivity contribution in [3.8, 4) is 50.2 Å². The molecule has 4 heteroatoms. The van der Waals surface area contributed by atoms with Gasteiger partial charge in [0.2, 0.25) is 0 Å². The van der Waals surface area contributed by atoms with Gasteiger partial charge >= 0.3 is 0 Å². The van der Waals surface area contributed by atoms with Crippen LogP contribution in [0.4, 0.5) is 34.1 Å². The maximum Gasteiger partial charge on any atom is 0.252 e. The zero-order chi connectivity index (χ0) is 50.3. The lowest BCUT2D eigenvalue weighted by atomic mass is 9.33. The molecule has 0 fully saturated rings. The van der Waals surface area contributed by atoms with Crippen LogP contribution in [0.15, 0.2) is 279 Å². The zero-order valence-electron chi connectivity index (χ0n) is 42.0. The van der Waals surface area contributed by atoms with Gasteiger partial charge in [0.15, 0.2) is 0 Å². The van der Waals surface area contributed by atoms with Crippen LogP contribution in [-0.2, 0) is 5.41 Å². The van der Waals surface area contributed by atoms with E-state index >= 15 is 0 Å². The Kier molecular flexibility index (Phi) is 8.85. The maximum absolute atomic E-state index is 2.63. The molecule has 17 rings (SSSR count). The molecule has 12 aromatic carbocycles. The lowest BCUT2D eigenvalue weighted by Gasteiger charge is -2.45. The minimum absolute atomic E-state index is 0.0632. The third-order valence-corrected chi connectivity index (χ3v) is 17.4. The molecule has 0 bridgehead atoms. The van der Waals surface area contributed by atoms with E-state index in [2.05, 4.69) is 293 Å². The van der Waals surface area contributed by atoms with E-state index in [0.717, 1.165) is 17.1 Å². The number of aromatic nitrogens is 1. The second-order valence-corrected chi connectivity index (χ2v) is 21.0. The summed E-state index contributed by atoms with van der Waals surface area (Å²) in [5, 5.41) is 2.52. The van der Waals surface area contributed by atoms with Gasteiger partial charge in [-0.1, -0.05) is 218 Å². The molecule has 13 aromatic rings. The number of fused-ring (bicyclic) bond motifs is 17. The Morgan fingerprint density at radius 2 is 0.727 bits per heavy atom. The van der Waals surface area contributed by atoms with Crippen molar-refractivity contribution in [1.29, 1.82) is 0 Å². The van der Waals surface area contributed by atoms with Crippen LogP contribution in [0.1, 0.15) is 22.3 Å². The number of hydrogen-bond donors (Lipinski definition) is 0. The molecule has 1 aromatic heterocycles. The summed E-state index contributed by atoms with van der Waals surface area (Å²) in [6.07, 6.45) is 0. The predicted octanol–water partition coefficient (Wildman–Crippen LogP) is 16.5. The highest BCUT2D eigenvalue weighted by Gasteiger charge is 2.54. The molecular weight excluding hydrogens is 930 g/mol. The van der Waals surface area contributed by atoms with Gasteiger partial charge in [0.05, 0.1) is 27.8 Å². The molecule has 2 aliphatic heterocycles. The SMILES string of the molecule is c1ccc(-c2ccccc2N2c3ccccc3B3c4cc5c(cc4N(c4ccccc4-c4ccccc4)c4cccc2c43)C2(c3ccccc3-c3ccc(-n4c6ccccc6c6ccccc64)cc32)c2ccccc2-5)cc1. The minimum atomic E-state index is -0.614. The first-order chi connectivity index (χ1) is 38.3. The first-order valence-electron chi connectivity index (χ1n) is 26.9. The highest BCUT2D eigenvalue weighted by molar-refractivity contribution is 7.00. The summed E-state index contributed by atoms with van der Waals surface area (Å²) >= 11 is 0. The van der Waals surface area contributed by atoms with Crippen molar-refractivity contribution < 1.29 is 0 Å². The molecule has 3 heterocycles. The molecule has 2 aliphatic carbocycles. The second-order valence-electron chi connectivity index (χ2n) is 21.0. The van der Waals surface area contributed by atoms with Crippen molar-refractivity contribution in [3.05, 3.63) is 301 Å². The monoisotopic (exact) mass is 975 g/mol. The van der Waals surface area contributed by atoms with E-state index in [1.165, 1.54) is 128 Å². The van der Waals surface area contributed by atoms with Crippen molar-refractivity contribution in [2.24, 2.45) is 0 Å². The number of nitrogens with zero attached hydrogens (tertiary/aromatic N) is 3. The molecule has 356 valence electrons. The summed E-state index contributed by atoms with van der Waals surface area (Å²) in [4.78, 5) is 5.16. The number of benzene rings is 12. The normalized spacial score (nSPS) is 15.0. The molecule has 4 aliphatic rings. The molecule has 1 atom stereocenters. The summed E-state index contributed by atoms with van der Waals surface area (Å²) in [5.74, 6) is 0. The lowest BCUT2D eigenvalue weighted by molar-refractivity contribution is 0.792. The largest absolute Gasteiger partial charge is 0.311 e. The number of hydrogen-bond acceptors (Lipinski definition) is 2. The Bertz CT molecular complexity index is 4560. The molecule has 0 saturated heterocycles. The molecule has 1 spiro atoms. The Morgan fingerprint density at radius 1 is 0.273 bits per heavy atom. The van der Waals surface area contributed by atoms with Crippen LogP contribution in [0.25, 0.3) is 72.0 Å². The van der Waals surface area contributed by atoms with Gasteiger partial charge in [-0.05, 0) is 133 Å². The average molecular weight is 976 g/mol. The third-order valence-electron chi connectivity index (χ3n) is 17.4. The minimum Gasteiger partial charge on any atom is -0.311 e. The second kappa shape index (κ2) is 16.1. The topological polar surface area (TPSA) is 11.4 Å². The molecular formula is C73H46BN3. The van der Waals surface area contributed by atoms with Gasteiger partial charge in [-0.3, -0.25) is 0 Å². The predicted molar refractivity (Wildman–Crippen MR) is 322 cm³/mol. The van der Waals surface area contributed by atoms with Crippen molar-refractivity contribution in [2.45, 2.75) is 5.41 Å². The smallest absolute Gasteiger partial charge is 0.252 e. The summed E-state index contributed by atoms with van der Waals surface area (Å²) in [7, 11) is 0. The van der Waals surface area contributed by atoms with Crippen molar-refractivity contribution in [3.63, 3.8) is 0 Å². The fraction of sp³-hybridized carbons (Fsp3) is 0.0137. The van der Waals surface area contributed by atoms with Gasteiger partial charge in [-0.15, -0.1) is 0 Å². The fourth-order valence-electron chi connectivity index (χ4n) is 14.4. The quantitative estimate of drug-likeness (QED) is 0.159. The first-order valence-corrected chi connectivity index (χ1v) is 26.9. The Hall–Kier alpha value is -9.90. The summed E-state index contributed by atoms with van der Waals surface area (Å²) in [5.41, 5.74) is 29.1. The highest BCUT2D eigenvalue weighted by Crippen LogP contribution is 2.64. The van der Waals surface area contributed by atoms with Gasteiger partial charge in [0, 0.05) is 50.3 Å². The number of rotatable bonds is 5. The van der Waals surface area contributed by atoms with E-state index in [0.29, 0.717) is 0 Å². The lowest BCUT2D eigenvalue weighted by Crippen LogP contribution is -2.61. The summed E-state index contributed by atoms with van der Waals surface area (Å²) < 4.78 is 2.48. The van der Waals surface area contributed by atoms with E-state index in [-0.39, 0.29) is 6.71 Å². The van der Waals surface area contributed by atoms with Gasteiger partial charge in [-0.25, -0.2) is 0 Å². The van der Waals surface area contributed by atoms with Crippen LogP contribution in [0, 0.1) is 0 Å². The van der Waals surface area contributed by atoms with Crippen LogP contribution in [0.5, 0.6) is 0 Å². The fourth-order valence-corrected chi connectivity index (χ4v) is 14.4. The van der Waals surface area contributed by atoms with Crippen molar-refractivity contribution in [1.82, 2.24) is 4.57 Å². The third kappa shape index (κ3) is 5.71. The standard InChI is InChI=1S/C73H46BN3/c1-3-22-47(23-4-1)50-26-9-16-35-64(50)76-68-39-20-15-34-62(68)74-63-45-57-53-29-8-14-33-59(53)73(61(57)46-71(63)77(70-41-21-40-69(76)72(70)74)65-36-17-10-27-51(65)48-24-5-2-6-25-48)58-32-13-7-28-52(58)54-43-42-49(44-60(54)73)75-66-37-18-11-30-55(66)56-31-12-19-38-67(56)75/h1-46H. The average Bonchev–Trinajstić information content (AvgIpc) is 3.81. The molecule has 0 radical (unpaired) electrons. The van der Waals surface area contributed by atoms with Gasteiger partial charge in [0.1, 0.15) is 0 Å². The zero-order valence-corrected chi connectivity index (χ0v) is 42.0. The first kappa shape index (κ1) is 42.5. The van der Waals surface area contributed by atoms with Gasteiger partial charge in [0.25, 0.3) is 6.71 Å². The molecule has 0 N–H and O–H groups in total. The van der Waals surface area contributed by atoms with Crippen molar-refractivity contribution >= 4 is 79.0 Å². The Labute approximate surface area is 447 Å². The van der Waals surface area contributed by atoms with Crippen LogP contribution in [0.3, 0.4) is 0 Å². The number of anilines is 6. The van der Waals surface area contributed by atoms with E-state index in [1.54, 1.807) is 0 Å². The molecule has 1 unspecified atom stereocenters. The highest BCUT2D eigenvalue weighted by atomic mass is 15.2. The summed E-state index contributed by atoms with van der Waals surface area (Å²) in [6.45, 7) is -0.0632. The van der Waals surface area contributed by atoms with Gasteiger partial charge in [-0.2, -0.15) is 0 Å². The number of para-hydroxylation sites is 5. The van der Waals surface area contributed by atoms with E-state index in [4.69, 9.17) is 0 Å². The van der Waals surface area contributed by atoms with E-state index in [1.807, 2.05) is 0 Å². The van der Waals surface area contributed by atoms with Gasteiger partial charge < -0.3 is 14.4 Å². The van der Waals surface area contributed by atoms with Crippen LogP contribution in [-0.4, -0.2) is 11.3 Å². The molecule has 0 amide bonds. The summed E-state index contributed by atoms with van der Waals surface area (Å²) in [6, 6.07) is 105. The van der Waals surface area contributed by atoms with E-state index < -0.39 is 5.41 Å². The molecule has 3 nitrogen and oxygen atoms in total.